The first-order valence-corrected chi connectivity index (χ1v) is 6.93. The first-order valence-electron chi connectivity index (χ1n) is 6.17. The van der Waals surface area contributed by atoms with Gasteiger partial charge in [-0.1, -0.05) is 29.3 Å². The van der Waals surface area contributed by atoms with Crippen molar-refractivity contribution in [2.75, 3.05) is 11.9 Å². The van der Waals surface area contributed by atoms with E-state index in [-0.39, 0.29) is 10.9 Å². The Bertz CT molecular complexity index is 701. The van der Waals surface area contributed by atoms with Gasteiger partial charge in [-0.3, -0.25) is 4.79 Å². The van der Waals surface area contributed by atoms with Crippen LogP contribution in [0.5, 0.6) is 5.75 Å². The maximum Gasteiger partial charge on any atom is 0.341 e. The van der Waals surface area contributed by atoms with Gasteiger partial charge in [0.2, 0.25) is 0 Å². The van der Waals surface area contributed by atoms with E-state index in [0.717, 1.165) is 0 Å². The van der Waals surface area contributed by atoms with Gasteiger partial charge in [0.25, 0.3) is 5.91 Å². The number of benzene rings is 2. The Morgan fingerprint density at radius 1 is 1.09 bits per heavy atom. The lowest BCUT2D eigenvalue weighted by Gasteiger charge is -2.09. The van der Waals surface area contributed by atoms with Crippen molar-refractivity contribution in [2.45, 2.75) is 0 Å². The normalized spacial score (nSPS) is 10.1. The highest BCUT2D eigenvalue weighted by atomic mass is 35.5. The molecule has 0 atom stereocenters. The summed E-state index contributed by atoms with van der Waals surface area (Å²) in [6.07, 6.45) is 0. The van der Waals surface area contributed by atoms with Crippen LogP contribution in [0.4, 0.5) is 5.69 Å². The summed E-state index contributed by atoms with van der Waals surface area (Å²) in [7, 11) is 0. The zero-order valence-corrected chi connectivity index (χ0v) is 12.7. The van der Waals surface area contributed by atoms with E-state index in [1.165, 1.54) is 24.3 Å². The summed E-state index contributed by atoms with van der Waals surface area (Å²) < 4.78 is 4.99. The van der Waals surface area contributed by atoms with E-state index in [1.54, 1.807) is 18.2 Å². The summed E-state index contributed by atoms with van der Waals surface area (Å²) in [5.41, 5.74) is 0.782. The first-order chi connectivity index (χ1) is 10.5. The third-order valence-corrected chi connectivity index (χ3v) is 3.50. The number of amides is 1. The van der Waals surface area contributed by atoms with Crippen molar-refractivity contribution < 1.29 is 19.4 Å². The largest absolute Gasteiger partial charge is 0.482 e. The Morgan fingerprint density at radius 3 is 2.41 bits per heavy atom. The molecule has 0 saturated carbocycles. The number of ether oxygens (including phenoxy) is 1. The molecular formula is C15H11Cl2NO4. The van der Waals surface area contributed by atoms with Gasteiger partial charge in [0.1, 0.15) is 5.75 Å². The smallest absolute Gasteiger partial charge is 0.341 e. The number of nitrogens with one attached hydrogen (secondary N) is 1. The molecule has 0 spiro atoms. The minimum absolute atomic E-state index is 0.263. The van der Waals surface area contributed by atoms with Crippen LogP contribution in [0.3, 0.4) is 0 Å². The minimum atomic E-state index is -1.07. The first kappa shape index (κ1) is 16.1. The topological polar surface area (TPSA) is 75.6 Å². The van der Waals surface area contributed by atoms with Gasteiger partial charge in [-0.25, -0.2) is 4.79 Å². The van der Waals surface area contributed by atoms with Crippen molar-refractivity contribution in [2.24, 2.45) is 0 Å². The van der Waals surface area contributed by atoms with Crippen LogP contribution in [0, 0.1) is 0 Å². The van der Waals surface area contributed by atoms with Crippen LogP contribution < -0.4 is 10.1 Å². The molecule has 5 nitrogen and oxygen atoms in total. The number of halogens is 2. The second kappa shape index (κ2) is 7.15. The Kier molecular flexibility index (Phi) is 5.25. The van der Waals surface area contributed by atoms with Gasteiger partial charge in [0.15, 0.2) is 6.61 Å². The fourth-order valence-corrected chi connectivity index (χ4v) is 1.99. The van der Waals surface area contributed by atoms with Crippen molar-refractivity contribution in [3.05, 3.63) is 58.1 Å². The monoisotopic (exact) mass is 339 g/mol. The number of carboxylic acid groups (broad SMARTS) is 1. The molecule has 0 radical (unpaired) electrons. The van der Waals surface area contributed by atoms with Gasteiger partial charge >= 0.3 is 5.97 Å². The highest BCUT2D eigenvalue weighted by Gasteiger charge is 2.10. The third-order valence-electron chi connectivity index (χ3n) is 2.68. The van der Waals surface area contributed by atoms with Crippen LogP contribution in [-0.4, -0.2) is 23.6 Å². The lowest BCUT2D eigenvalue weighted by Crippen LogP contribution is -2.12. The summed E-state index contributed by atoms with van der Waals surface area (Å²) in [6.45, 7) is -0.441. The molecular weight excluding hydrogens is 329 g/mol. The molecule has 114 valence electrons. The Hall–Kier alpha value is -2.24. The molecule has 0 bridgehead atoms. The number of rotatable bonds is 5. The zero-order chi connectivity index (χ0) is 16.1. The molecule has 1 amide bonds. The molecule has 22 heavy (non-hydrogen) atoms. The van der Waals surface area contributed by atoms with E-state index in [1.807, 2.05) is 0 Å². The molecule has 7 heteroatoms. The van der Waals surface area contributed by atoms with Crippen molar-refractivity contribution in [3.8, 4) is 5.75 Å². The van der Waals surface area contributed by atoms with E-state index in [2.05, 4.69) is 5.32 Å². The maximum atomic E-state index is 12.1. The molecule has 0 aliphatic rings. The van der Waals surface area contributed by atoms with Crippen LogP contribution in [-0.2, 0) is 4.79 Å². The molecule has 0 aromatic heterocycles. The summed E-state index contributed by atoms with van der Waals surface area (Å²) in [5.74, 6) is -1.08. The maximum absolute atomic E-state index is 12.1. The lowest BCUT2D eigenvalue weighted by molar-refractivity contribution is -0.139. The Labute approximate surface area is 136 Å². The highest BCUT2D eigenvalue weighted by Crippen LogP contribution is 2.29. The number of hydrogen-bond acceptors (Lipinski definition) is 3. The van der Waals surface area contributed by atoms with E-state index in [0.29, 0.717) is 22.0 Å². The predicted octanol–water partition coefficient (Wildman–Crippen LogP) is 3.71. The number of carbonyl (C=O) groups is 2. The van der Waals surface area contributed by atoms with E-state index in [4.69, 9.17) is 33.0 Å². The van der Waals surface area contributed by atoms with Crippen LogP contribution in [0.25, 0.3) is 0 Å². The van der Waals surface area contributed by atoms with Crippen molar-refractivity contribution in [1.82, 2.24) is 0 Å². The number of hydrogen-bond donors (Lipinski definition) is 2. The lowest BCUT2D eigenvalue weighted by atomic mass is 10.2. The van der Waals surface area contributed by atoms with E-state index in [9.17, 15) is 9.59 Å². The molecule has 0 saturated heterocycles. The van der Waals surface area contributed by atoms with Crippen LogP contribution in [0.15, 0.2) is 42.5 Å². The fraction of sp³-hybridized carbons (Fsp3) is 0.0667. The average molecular weight is 340 g/mol. The second-order valence-corrected chi connectivity index (χ2v) is 5.05. The summed E-state index contributed by atoms with van der Waals surface area (Å²) in [6, 6.07) is 11.0. The molecule has 2 rings (SSSR count). The van der Waals surface area contributed by atoms with Crippen molar-refractivity contribution >= 4 is 40.8 Å². The quantitative estimate of drug-likeness (QED) is 0.870. The average Bonchev–Trinajstić information content (AvgIpc) is 2.50. The minimum Gasteiger partial charge on any atom is -0.482 e. The second-order valence-electron chi connectivity index (χ2n) is 4.26. The van der Waals surface area contributed by atoms with E-state index >= 15 is 0 Å². The molecule has 2 aromatic carbocycles. The molecule has 0 heterocycles. The number of aliphatic carboxylic acids is 1. The van der Waals surface area contributed by atoms with E-state index < -0.39 is 12.6 Å². The number of anilines is 1. The zero-order valence-electron chi connectivity index (χ0n) is 11.2. The molecule has 2 aromatic rings. The van der Waals surface area contributed by atoms with Crippen LogP contribution >= 0.6 is 23.2 Å². The summed E-state index contributed by atoms with van der Waals surface area (Å²) in [5, 5.41) is 11.8. The number of carboxylic acids is 1. The molecule has 0 fully saturated rings. The molecule has 0 aliphatic heterocycles. The van der Waals surface area contributed by atoms with Gasteiger partial charge in [-0.05, 0) is 36.4 Å². The van der Waals surface area contributed by atoms with Gasteiger partial charge < -0.3 is 15.2 Å². The van der Waals surface area contributed by atoms with Gasteiger partial charge in [-0.15, -0.1) is 0 Å². The van der Waals surface area contributed by atoms with Gasteiger partial charge in [0.05, 0.1) is 15.7 Å². The molecule has 0 aliphatic carbocycles. The Balaban J connectivity index is 2.06. The summed E-state index contributed by atoms with van der Waals surface area (Å²) >= 11 is 11.9. The standard InChI is InChI=1S/C15H11Cl2NO4/c16-11-2-1-3-12(14(11)17)18-15(21)9-4-6-10(7-5-9)22-8-13(19)20/h1-7H,8H2,(H,18,21)(H,19,20). The SMILES string of the molecule is O=C(O)COc1ccc(C(=O)Nc2cccc(Cl)c2Cl)cc1. The molecule has 2 N–H and O–H groups in total. The summed E-state index contributed by atoms with van der Waals surface area (Å²) in [4.78, 5) is 22.5. The third kappa shape index (κ3) is 4.13. The molecule has 0 unspecified atom stereocenters. The fourth-order valence-electron chi connectivity index (χ4n) is 1.64. The Morgan fingerprint density at radius 2 is 1.77 bits per heavy atom. The predicted molar refractivity (Wildman–Crippen MR) is 84.0 cm³/mol. The van der Waals surface area contributed by atoms with Gasteiger partial charge in [0, 0.05) is 5.56 Å². The van der Waals surface area contributed by atoms with Gasteiger partial charge in [-0.2, -0.15) is 0 Å². The van der Waals surface area contributed by atoms with Crippen LogP contribution in [0.2, 0.25) is 10.0 Å². The van der Waals surface area contributed by atoms with Crippen LogP contribution in [0.1, 0.15) is 10.4 Å². The van der Waals surface area contributed by atoms with Crippen molar-refractivity contribution in [1.29, 1.82) is 0 Å². The number of carbonyl (C=O) groups excluding carboxylic acids is 1. The van der Waals surface area contributed by atoms with Crippen molar-refractivity contribution in [3.63, 3.8) is 0 Å². The highest BCUT2D eigenvalue weighted by molar-refractivity contribution is 6.44.